The lowest BCUT2D eigenvalue weighted by Crippen LogP contribution is -2.27. The lowest BCUT2D eigenvalue weighted by molar-refractivity contribution is -0.181. The van der Waals surface area contributed by atoms with Crippen molar-refractivity contribution in [2.75, 3.05) is 39.5 Å². The molecule has 0 radical (unpaired) electrons. The zero-order valence-corrected chi connectivity index (χ0v) is 45.4. The molecule has 1 fully saturated rings. The van der Waals surface area contributed by atoms with E-state index in [4.69, 9.17) is 29.2 Å². The van der Waals surface area contributed by atoms with Crippen molar-refractivity contribution in [2.24, 2.45) is 11.8 Å². The third kappa shape index (κ3) is 44.2. The average molecular weight is 971 g/mol. The van der Waals surface area contributed by atoms with E-state index < -0.39 is 12.1 Å². The molecule has 0 aliphatic carbocycles. The van der Waals surface area contributed by atoms with Crippen molar-refractivity contribution >= 4 is 17.9 Å². The number of ether oxygens (including phenoxy) is 4. The normalized spacial score (nSPS) is 15.8. The van der Waals surface area contributed by atoms with Gasteiger partial charge in [0.1, 0.15) is 6.61 Å². The van der Waals surface area contributed by atoms with Gasteiger partial charge in [0.05, 0.1) is 24.5 Å². The molecule has 0 aromatic heterocycles. The number of carbonyl (C=O) groups is 3. The van der Waals surface area contributed by atoms with Crippen LogP contribution in [0, 0.1) is 11.8 Å². The van der Waals surface area contributed by atoms with Gasteiger partial charge in [-0.2, -0.15) is 0 Å². The van der Waals surface area contributed by atoms with E-state index in [0.717, 1.165) is 142 Å². The first kappa shape index (κ1) is 66.2. The van der Waals surface area contributed by atoms with Crippen molar-refractivity contribution in [1.29, 1.82) is 0 Å². The molecule has 11 heteroatoms. The lowest BCUT2D eigenvalue weighted by Gasteiger charge is -2.22. The molecule has 4 unspecified atom stereocenters. The summed E-state index contributed by atoms with van der Waals surface area (Å²) in [6.07, 6.45) is 39.1. The third-order valence-electron chi connectivity index (χ3n) is 13.1. The SMILES string of the molecule is CC(C)(O)O.CCCCCCCCC(CCCCCC)C(=O)OCCCCCCN(CCCCO)CCCCCCC(=O)OC1CCC(COC(=O)C(CCCCCC)CCCCCCCC)O1. The Morgan fingerprint density at radius 2 is 0.912 bits per heavy atom. The first-order chi connectivity index (χ1) is 32.9. The Kier molecular flexibility index (Phi) is 46.3. The number of aliphatic hydroxyl groups is 3. The highest BCUT2D eigenvalue weighted by atomic mass is 16.7. The van der Waals surface area contributed by atoms with E-state index in [1.165, 1.54) is 117 Å². The summed E-state index contributed by atoms with van der Waals surface area (Å²) in [5.41, 5.74) is 0. The summed E-state index contributed by atoms with van der Waals surface area (Å²) >= 11 is 0. The van der Waals surface area contributed by atoms with E-state index in [0.29, 0.717) is 19.4 Å². The van der Waals surface area contributed by atoms with Gasteiger partial charge in [0.25, 0.3) is 0 Å². The van der Waals surface area contributed by atoms with E-state index in [9.17, 15) is 19.5 Å². The second-order valence-electron chi connectivity index (χ2n) is 20.6. The topological polar surface area (TPSA) is 152 Å². The predicted octanol–water partition coefficient (Wildman–Crippen LogP) is 14.1. The number of aliphatic hydroxyl groups excluding tert-OH is 1. The van der Waals surface area contributed by atoms with Crippen LogP contribution in [0.1, 0.15) is 279 Å². The summed E-state index contributed by atoms with van der Waals surface area (Å²) in [5.74, 6) is -1.71. The van der Waals surface area contributed by atoms with Crippen LogP contribution in [0.3, 0.4) is 0 Å². The fourth-order valence-electron chi connectivity index (χ4n) is 8.94. The molecule has 68 heavy (non-hydrogen) atoms. The van der Waals surface area contributed by atoms with Crippen molar-refractivity contribution in [2.45, 2.75) is 297 Å². The number of rotatable bonds is 47. The van der Waals surface area contributed by atoms with E-state index in [-0.39, 0.29) is 49.1 Å². The van der Waals surface area contributed by atoms with Crippen LogP contribution in [0.4, 0.5) is 0 Å². The molecule has 404 valence electrons. The smallest absolute Gasteiger partial charge is 0.309 e. The predicted molar refractivity (Wildman–Crippen MR) is 279 cm³/mol. The van der Waals surface area contributed by atoms with Crippen molar-refractivity contribution in [3.05, 3.63) is 0 Å². The van der Waals surface area contributed by atoms with Crippen molar-refractivity contribution in [1.82, 2.24) is 4.90 Å². The van der Waals surface area contributed by atoms with E-state index in [2.05, 4.69) is 32.6 Å². The van der Waals surface area contributed by atoms with Gasteiger partial charge in [-0.15, -0.1) is 0 Å². The van der Waals surface area contributed by atoms with Gasteiger partial charge >= 0.3 is 17.9 Å². The number of unbranched alkanes of at least 4 members (excludes halogenated alkanes) is 23. The fraction of sp³-hybridized carbons (Fsp3) is 0.947. The minimum absolute atomic E-state index is 0.0274. The van der Waals surface area contributed by atoms with Gasteiger partial charge < -0.3 is 39.2 Å². The Labute approximate surface area is 418 Å². The van der Waals surface area contributed by atoms with Gasteiger partial charge in [0.15, 0.2) is 5.79 Å². The Bertz CT molecular complexity index is 1130. The summed E-state index contributed by atoms with van der Waals surface area (Å²) in [5, 5.41) is 25.5. The van der Waals surface area contributed by atoms with Crippen LogP contribution in [0.15, 0.2) is 0 Å². The maximum absolute atomic E-state index is 13.1. The second kappa shape index (κ2) is 47.5. The van der Waals surface area contributed by atoms with Crippen LogP contribution >= 0.6 is 0 Å². The molecule has 1 saturated heterocycles. The van der Waals surface area contributed by atoms with E-state index >= 15 is 0 Å². The monoisotopic (exact) mass is 970 g/mol. The third-order valence-corrected chi connectivity index (χ3v) is 13.1. The lowest BCUT2D eigenvalue weighted by atomic mass is 9.94. The fourth-order valence-corrected chi connectivity index (χ4v) is 8.94. The van der Waals surface area contributed by atoms with Gasteiger partial charge in [0, 0.05) is 19.4 Å². The summed E-state index contributed by atoms with van der Waals surface area (Å²) in [6, 6.07) is 0. The number of carbonyl (C=O) groups excluding carboxylic acids is 3. The van der Waals surface area contributed by atoms with Gasteiger partial charge in [-0.25, -0.2) is 0 Å². The van der Waals surface area contributed by atoms with Gasteiger partial charge in [-0.1, -0.05) is 182 Å². The molecule has 0 saturated carbocycles. The Morgan fingerprint density at radius 1 is 0.529 bits per heavy atom. The van der Waals surface area contributed by atoms with Gasteiger partial charge in [-0.3, -0.25) is 14.4 Å². The minimum atomic E-state index is -1.50. The van der Waals surface area contributed by atoms with E-state index in [1.807, 2.05) is 0 Å². The van der Waals surface area contributed by atoms with Crippen LogP contribution in [0.25, 0.3) is 0 Å². The van der Waals surface area contributed by atoms with Crippen LogP contribution in [0.2, 0.25) is 0 Å². The minimum Gasteiger partial charge on any atom is -0.465 e. The molecule has 0 amide bonds. The van der Waals surface area contributed by atoms with Crippen molar-refractivity contribution in [3.63, 3.8) is 0 Å². The Balaban J connectivity index is 0.00000848. The summed E-state index contributed by atoms with van der Waals surface area (Å²) in [4.78, 5) is 41.3. The molecule has 0 spiro atoms. The van der Waals surface area contributed by atoms with Crippen LogP contribution < -0.4 is 0 Å². The van der Waals surface area contributed by atoms with Crippen molar-refractivity contribution in [3.8, 4) is 0 Å². The Hall–Kier alpha value is -1.79. The number of hydrogen-bond donors (Lipinski definition) is 3. The molecule has 4 atom stereocenters. The number of esters is 3. The van der Waals surface area contributed by atoms with Gasteiger partial charge in [0.2, 0.25) is 6.29 Å². The molecular formula is C57H111NO10. The largest absolute Gasteiger partial charge is 0.465 e. The van der Waals surface area contributed by atoms with Crippen molar-refractivity contribution < 1.29 is 48.7 Å². The van der Waals surface area contributed by atoms with Crippen LogP contribution in [0.5, 0.6) is 0 Å². The molecule has 1 rings (SSSR count). The molecule has 11 nitrogen and oxygen atoms in total. The molecule has 1 aliphatic rings. The molecule has 0 bridgehead atoms. The molecular weight excluding hydrogens is 859 g/mol. The number of hydrogen-bond acceptors (Lipinski definition) is 11. The highest BCUT2D eigenvalue weighted by Gasteiger charge is 2.30. The molecule has 1 aliphatic heterocycles. The maximum atomic E-state index is 13.1. The summed E-state index contributed by atoms with van der Waals surface area (Å²) in [7, 11) is 0. The average Bonchev–Trinajstić information content (AvgIpc) is 3.75. The maximum Gasteiger partial charge on any atom is 0.309 e. The standard InChI is InChI=1S/C54H103NO8.C3H8O2/c1-5-9-13-17-19-27-37-48(35-25-15-11-7-3)53(58)60-46-34-24-23-31-43-55(44-32-33-45-56)42-30-22-21-29-39-51(57)63-52-41-40-50(62-52)47-61-54(59)49(36-26-16-12-8-4)38-28-20-18-14-10-6-2;1-3(2,4)5/h48-50,52,56H,5-47H2,1-4H3;4-5H,1-2H3. The van der Waals surface area contributed by atoms with E-state index in [1.54, 1.807) is 0 Å². The molecule has 3 N–H and O–H groups in total. The molecule has 1 heterocycles. The first-order valence-corrected chi connectivity index (χ1v) is 28.8. The summed E-state index contributed by atoms with van der Waals surface area (Å²) in [6.45, 7) is 15.6. The summed E-state index contributed by atoms with van der Waals surface area (Å²) < 4.78 is 23.3. The first-order valence-electron chi connectivity index (χ1n) is 28.8. The quantitative estimate of drug-likeness (QED) is 0.0231. The van der Waals surface area contributed by atoms with Crippen LogP contribution in [-0.2, 0) is 33.3 Å². The second-order valence-corrected chi connectivity index (χ2v) is 20.6. The van der Waals surface area contributed by atoms with Gasteiger partial charge in [-0.05, 0) is 104 Å². The molecule has 0 aromatic rings. The van der Waals surface area contributed by atoms with Crippen LogP contribution in [-0.4, -0.2) is 95.8 Å². The zero-order valence-electron chi connectivity index (χ0n) is 45.4. The Morgan fingerprint density at radius 3 is 1.38 bits per heavy atom. The number of nitrogens with zero attached hydrogens (tertiary/aromatic N) is 1. The highest BCUT2D eigenvalue weighted by Crippen LogP contribution is 2.25. The molecule has 0 aromatic carbocycles. The highest BCUT2D eigenvalue weighted by molar-refractivity contribution is 5.72. The zero-order chi connectivity index (χ0) is 50.4.